The Labute approximate surface area is 161 Å². The van der Waals surface area contributed by atoms with Gasteiger partial charge in [0, 0.05) is 12.1 Å². The molecular formula is C22H19N3O3. The van der Waals surface area contributed by atoms with E-state index in [0.29, 0.717) is 16.8 Å². The molecule has 0 radical (unpaired) electrons. The second kappa shape index (κ2) is 6.81. The number of aryl methyl sites for hydroxylation is 3. The van der Waals surface area contributed by atoms with Gasteiger partial charge in [-0.1, -0.05) is 18.2 Å². The Kier molecular flexibility index (Phi) is 4.31. The number of fused-ring (bicyclic) bond motifs is 1. The molecule has 2 aromatic carbocycles. The highest BCUT2D eigenvalue weighted by Gasteiger charge is 2.16. The molecule has 28 heavy (non-hydrogen) atoms. The van der Waals surface area contributed by atoms with Gasteiger partial charge >= 0.3 is 0 Å². The van der Waals surface area contributed by atoms with Gasteiger partial charge in [-0.25, -0.2) is 4.68 Å². The minimum absolute atomic E-state index is 0.0467. The topological polar surface area (TPSA) is 77.1 Å². The number of hydrogen-bond donors (Lipinski definition) is 1. The van der Waals surface area contributed by atoms with Gasteiger partial charge in [0.15, 0.2) is 11.2 Å². The SMILES string of the molecule is Cc1cc(C)cc(-n2nc(C)cc2NC(=O)c2cc(=O)c3ccccc3o2)c1. The minimum Gasteiger partial charge on any atom is -0.451 e. The van der Waals surface area contributed by atoms with E-state index in [1.165, 1.54) is 6.07 Å². The van der Waals surface area contributed by atoms with E-state index in [1.54, 1.807) is 35.0 Å². The van der Waals surface area contributed by atoms with E-state index in [4.69, 9.17) is 4.42 Å². The summed E-state index contributed by atoms with van der Waals surface area (Å²) in [5.74, 6) is -0.0498. The van der Waals surface area contributed by atoms with Gasteiger partial charge in [-0.15, -0.1) is 0 Å². The number of para-hydroxylation sites is 1. The largest absolute Gasteiger partial charge is 0.451 e. The highest BCUT2D eigenvalue weighted by Crippen LogP contribution is 2.21. The maximum atomic E-state index is 12.8. The molecule has 0 aliphatic heterocycles. The zero-order chi connectivity index (χ0) is 19.8. The van der Waals surface area contributed by atoms with Crippen molar-refractivity contribution >= 4 is 22.7 Å². The van der Waals surface area contributed by atoms with Crippen molar-refractivity contribution < 1.29 is 9.21 Å². The van der Waals surface area contributed by atoms with Crippen molar-refractivity contribution in [3.63, 3.8) is 0 Å². The van der Waals surface area contributed by atoms with Crippen molar-refractivity contribution in [2.75, 3.05) is 5.32 Å². The molecule has 0 aliphatic rings. The van der Waals surface area contributed by atoms with Gasteiger partial charge in [0.05, 0.1) is 16.8 Å². The molecule has 0 fully saturated rings. The van der Waals surface area contributed by atoms with Gasteiger partial charge < -0.3 is 9.73 Å². The Morgan fingerprint density at radius 2 is 1.71 bits per heavy atom. The monoisotopic (exact) mass is 373 g/mol. The quantitative estimate of drug-likeness (QED) is 0.585. The molecule has 0 spiro atoms. The average molecular weight is 373 g/mol. The summed E-state index contributed by atoms with van der Waals surface area (Å²) in [4.78, 5) is 25.0. The van der Waals surface area contributed by atoms with Crippen molar-refractivity contribution in [1.82, 2.24) is 9.78 Å². The Bertz CT molecular complexity index is 1250. The molecule has 0 saturated heterocycles. The summed E-state index contributed by atoms with van der Waals surface area (Å²) in [5, 5.41) is 7.73. The third-order valence-corrected chi connectivity index (χ3v) is 4.38. The fourth-order valence-electron chi connectivity index (χ4n) is 3.25. The lowest BCUT2D eigenvalue weighted by Gasteiger charge is -2.10. The van der Waals surface area contributed by atoms with Crippen LogP contribution in [0.2, 0.25) is 0 Å². The van der Waals surface area contributed by atoms with Crippen LogP contribution in [0.4, 0.5) is 5.82 Å². The first-order valence-corrected chi connectivity index (χ1v) is 8.90. The first-order valence-electron chi connectivity index (χ1n) is 8.90. The molecule has 0 bridgehead atoms. The number of aromatic nitrogens is 2. The summed E-state index contributed by atoms with van der Waals surface area (Å²) in [7, 11) is 0. The lowest BCUT2D eigenvalue weighted by Crippen LogP contribution is -2.17. The summed E-state index contributed by atoms with van der Waals surface area (Å²) >= 11 is 0. The van der Waals surface area contributed by atoms with Crippen LogP contribution < -0.4 is 10.7 Å². The van der Waals surface area contributed by atoms with E-state index in [0.717, 1.165) is 22.5 Å². The number of nitrogens with zero attached hydrogens (tertiary/aromatic N) is 2. The van der Waals surface area contributed by atoms with Crippen molar-refractivity contribution in [2.45, 2.75) is 20.8 Å². The van der Waals surface area contributed by atoms with Crippen LogP contribution in [0.15, 0.2) is 63.8 Å². The second-order valence-electron chi connectivity index (χ2n) is 6.85. The van der Waals surface area contributed by atoms with E-state index in [1.807, 2.05) is 32.9 Å². The van der Waals surface area contributed by atoms with Gasteiger partial charge in [-0.2, -0.15) is 5.10 Å². The lowest BCUT2D eigenvalue weighted by atomic mass is 10.1. The fourth-order valence-corrected chi connectivity index (χ4v) is 3.25. The summed E-state index contributed by atoms with van der Waals surface area (Å²) < 4.78 is 7.30. The van der Waals surface area contributed by atoms with Crippen molar-refractivity contribution in [2.24, 2.45) is 0 Å². The molecule has 4 aromatic rings. The van der Waals surface area contributed by atoms with Gasteiger partial charge in [0.1, 0.15) is 11.4 Å². The van der Waals surface area contributed by atoms with E-state index >= 15 is 0 Å². The van der Waals surface area contributed by atoms with Crippen LogP contribution in [-0.4, -0.2) is 15.7 Å². The van der Waals surface area contributed by atoms with Crippen LogP contribution in [-0.2, 0) is 0 Å². The van der Waals surface area contributed by atoms with Crippen LogP contribution in [0.5, 0.6) is 0 Å². The molecule has 4 rings (SSSR count). The number of amides is 1. The maximum absolute atomic E-state index is 12.8. The standard InChI is InChI=1S/C22H19N3O3/c1-13-8-14(2)10-16(9-13)25-21(11-15(3)24-25)23-22(27)20-12-18(26)17-6-4-5-7-19(17)28-20/h4-12H,1-3H3,(H,23,27). The fraction of sp³-hybridized carbons (Fsp3) is 0.136. The lowest BCUT2D eigenvalue weighted by molar-refractivity contribution is 0.0996. The summed E-state index contributed by atoms with van der Waals surface area (Å²) in [6.07, 6.45) is 0. The first kappa shape index (κ1) is 17.7. The third-order valence-electron chi connectivity index (χ3n) is 4.38. The van der Waals surface area contributed by atoms with Gasteiger partial charge in [0.2, 0.25) is 0 Å². The molecule has 0 saturated carbocycles. The number of hydrogen-bond acceptors (Lipinski definition) is 4. The highest BCUT2D eigenvalue weighted by atomic mass is 16.3. The van der Waals surface area contributed by atoms with Crippen LogP contribution in [0.1, 0.15) is 27.4 Å². The third kappa shape index (κ3) is 3.32. The molecule has 0 unspecified atom stereocenters. The Balaban J connectivity index is 1.72. The molecule has 6 heteroatoms. The smallest absolute Gasteiger partial charge is 0.292 e. The predicted octanol–water partition coefficient (Wildman–Crippen LogP) is 4.16. The van der Waals surface area contributed by atoms with E-state index in [2.05, 4.69) is 16.5 Å². The summed E-state index contributed by atoms with van der Waals surface area (Å²) in [5.41, 5.74) is 3.92. The van der Waals surface area contributed by atoms with Gasteiger partial charge in [0.25, 0.3) is 5.91 Å². The maximum Gasteiger partial charge on any atom is 0.292 e. The highest BCUT2D eigenvalue weighted by molar-refractivity contribution is 6.02. The zero-order valence-electron chi connectivity index (χ0n) is 15.8. The van der Waals surface area contributed by atoms with E-state index < -0.39 is 5.91 Å². The van der Waals surface area contributed by atoms with Gasteiger partial charge in [-0.05, 0) is 56.2 Å². The minimum atomic E-state index is -0.506. The van der Waals surface area contributed by atoms with Crippen molar-refractivity contribution in [3.8, 4) is 5.69 Å². The van der Waals surface area contributed by atoms with Crippen LogP contribution in [0.3, 0.4) is 0 Å². The zero-order valence-corrected chi connectivity index (χ0v) is 15.8. The Morgan fingerprint density at radius 3 is 2.46 bits per heavy atom. The molecule has 0 atom stereocenters. The van der Waals surface area contributed by atoms with Crippen molar-refractivity contribution in [1.29, 1.82) is 0 Å². The Hall–Kier alpha value is -3.67. The number of nitrogens with one attached hydrogen (secondary N) is 1. The van der Waals surface area contributed by atoms with Crippen LogP contribution in [0, 0.1) is 20.8 Å². The van der Waals surface area contributed by atoms with E-state index in [9.17, 15) is 9.59 Å². The van der Waals surface area contributed by atoms with Crippen molar-refractivity contribution in [3.05, 3.63) is 87.4 Å². The number of benzene rings is 2. The molecule has 1 amide bonds. The summed E-state index contributed by atoms with van der Waals surface area (Å²) in [6, 6.07) is 15.9. The average Bonchev–Trinajstić information content (AvgIpc) is 3.01. The molecule has 2 heterocycles. The molecule has 1 N–H and O–H groups in total. The molecule has 6 nitrogen and oxygen atoms in total. The molecular weight excluding hydrogens is 354 g/mol. The Morgan fingerprint density at radius 1 is 1.00 bits per heavy atom. The number of anilines is 1. The molecule has 0 aliphatic carbocycles. The number of carbonyl (C=O) groups excluding carboxylic acids is 1. The second-order valence-corrected chi connectivity index (χ2v) is 6.85. The van der Waals surface area contributed by atoms with Crippen LogP contribution in [0.25, 0.3) is 16.7 Å². The summed E-state index contributed by atoms with van der Waals surface area (Å²) in [6.45, 7) is 5.87. The van der Waals surface area contributed by atoms with E-state index in [-0.39, 0.29) is 11.2 Å². The van der Waals surface area contributed by atoms with Gasteiger partial charge in [-0.3, -0.25) is 9.59 Å². The normalized spacial score (nSPS) is 11.0. The number of rotatable bonds is 3. The first-order chi connectivity index (χ1) is 13.4. The predicted molar refractivity (Wildman–Crippen MR) is 108 cm³/mol. The van der Waals surface area contributed by atoms with Crippen LogP contribution >= 0.6 is 0 Å². The molecule has 2 aromatic heterocycles. The number of carbonyl (C=O) groups is 1. The molecule has 140 valence electrons.